The number of carbonyl (C=O) groups excluding carboxylic acids is 1. The number of aromatic nitrogens is 3. The Bertz CT molecular complexity index is 610. The Balaban J connectivity index is 2.07. The van der Waals surface area contributed by atoms with Gasteiger partial charge in [-0.2, -0.15) is 5.10 Å². The van der Waals surface area contributed by atoms with Crippen molar-refractivity contribution in [2.24, 2.45) is 7.05 Å². The zero-order chi connectivity index (χ0) is 16.1. The van der Waals surface area contributed by atoms with Crippen LogP contribution in [0.15, 0.2) is 16.9 Å². The number of aryl methyl sites for hydroxylation is 3. The highest BCUT2D eigenvalue weighted by Crippen LogP contribution is 2.16. The van der Waals surface area contributed by atoms with E-state index in [1.54, 1.807) is 17.9 Å². The third-order valence-electron chi connectivity index (χ3n) is 3.66. The van der Waals surface area contributed by atoms with E-state index in [1.807, 2.05) is 27.1 Å². The average molecular weight is 305 g/mol. The maximum absolute atomic E-state index is 12.4. The van der Waals surface area contributed by atoms with Crippen LogP contribution in [-0.2, 0) is 31.2 Å². The van der Waals surface area contributed by atoms with Gasteiger partial charge in [-0.3, -0.25) is 9.48 Å². The molecule has 2 aromatic rings. The molecule has 1 amide bonds. The Morgan fingerprint density at radius 1 is 1.41 bits per heavy atom. The van der Waals surface area contributed by atoms with Gasteiger partial charge in [0.1, 0.15) is 11.8 Å². The molecular weight excluding hydrogens is 282 g/mol. The van der Waals surface area contributed by atoms with Crippen molar-refractivity contribution in [2.75, 3.05) is 7.05 Å². The second-order valence-corrected chi connectivity index (χ2v) is 5.12. The largest absolute Gasteiger partial charge is 0.361 e. The van der Waals surface area contributed by atoms with Crippen molar-refractivity contribution < 1.29 is 9.32 Å². The molecule has 2 N–H and O–H groups in total. The zero-order valence-corrected chi connectivity index (χ0v) is 13.5. The van der Waals surface area contributed by atoms with Gasteiger partial charge in [0.15, 0.2) is 0 Å². The molecule has 2 rings (SSSR count). The number of likely N-dealkylation sites (N-methyl/N-ethyl adjacent to an activating group) is 1. The average Bonchev–Trinajstić information content (AvgIpc) is 3.11. The molecule has 0 radical (unpaired) electrons. The Morgan fingerprint density at radius 2 is 2.18 bits per heavy atom. The molecule has 0 saturated carbocycles. The molecule has 0 bridgehead atoms. The fourth-order valence-electron chi connectivity index (χ4n) is 2.45. The van der Waals surface area contributed by atoms with Crippen LogP contribution in [0, 0.1) is 0 Å². The highest BCUT2D eigenvalue weighted by Gasteiger charge is 2.21. The van der Waals surface area contributed by atoms with Gasteiger partial charge >= 0.3 is 0 Å². The molecule has 0 aromatic carbocycles. The van der Waals surface area contributed by atoms with E-state index in [0.29, 0.717) is 6.54 Å². The minimum Gasteiger partial charge on any atom is -0.361 e. The first kappa shape index (κ1) is 16.2. The first-order valence-electron chi connectivity index (χ1n) is 7.50. The maximum Gasteiger partial charge on any atom is 0.242 e. The first-order valence-corrected chi connectivity index (χ1v) is 7.50. The molecule has 0 fully saturated rings. The summed E-state index contributed by atoms with van der Waals surface area (Å²) in [7, 11) is 3.58. The summed E-state index contributed by atoms with van der Waals surface area (Å²) in [6.07, 6.45) is 5.06. The van der Waals surface area contributed by atoms with Gasteiger partial charge in [-0.05, 0) is 13.5 Å². The Labute approximate surface area is 130 Å². The summed E-state index contributed by atoms with van der Waals surface area (Å²) in [5.74, 6) is 0.736. The molecule has 7 nitrogen and oxygen atoms in total. The van der Waals surface area contributed by atoms with Crippen molar-refractivity contribution in [2.45, 2.75) is 39.3 Å². The zero-order valence-electron chi connectivity index (χ0n) is 13.5. The highest BCUT2D eigenvalue weighted by atomic mass is 16.5. The lowest BCUT2D eigenvalue weighted by Gasteiger charge is -2.14. The molecule has 0 aliphatic carbocycles. The van der Waals surface area contributed by atoms with Crippen LogP contribution in [0.25, 0.3) is 0 Å². The maximum atomic E-state index is 12.4. The standard InChI is InChI=1S/C15H23N5O2/c1-5-12-11(13(6-2)22-19-12)8-17-15(21)14(16-3)10-7-18-20(4)9-10/h7,9,14,16H,5-6,8H2,1-4H3,(H,17,21). The molecule has 2 aromatic heterocycles. The molecule has 120 valence electrons. The van der Waals surface area contributed by atoms with Gasteiger partial charge in [0.2, 0.25) is 5.91 Å². The van der Waals surface area contributed by atoms with Crippen LogP contribution >= 0.6 is 0 Å². The molecule has 0 aliphatic rings. The molecule has 22 heavy (non-hydrogen) atoms. The number of nitrogens with one attached hydrogen (secondary N) is 2. The van der Waals surface area contributed by atoms with Crippen LogP contribution in [0.3, 0.4) is 0 Å². The van der Waals surface area contributed by atoms with E-state index in [2.05, 4.69) is 20.9 Å². The minimum absolute atomic E-state index is 0.0965. The van der Waals surface area contributed by atoms with Gasteiger partial charge in [-0.15, -0.1) is 0 Å². The summed E-state index contributed by atoms with van der Waals surface area (Å²) < 4.78 is 6.99. The van der Waals surface area contributed by atoms with Crippen LogP contribution in [0.4, 0.5) is 0 Å². The van der Waals surface area contributed by atoms with E-state index < -0.39 is 6.04 Å². The molecule has 1 unspecified atom stereocenters. The lowest BCUT2D eigenvalue weighted by molar-refractivity contribution is -0.123. The lowest BCUT2D eigenvalue weighted by atomic mass is 10.1. The van der Waals surface area contributed by atoms with Crippen molar-refractivity contribution in [3.05, 3.63) is 35.0 Å². The smallest absolute Gasteiger partial charge is 0.242 e. The summed E-state index contributed by atoms with van der Waals surface area (Å²) in [6, 6.07) is -0.427. The van der Waals surface area contributed by atoms with E-state index in [0.717, 1.165) is 35.4 Å². The molecule has 0 saturated heterocycles. The third-order valence-corrected chi connectivity index (χ3v) is 3.66. The number of amides is 1. The number of carbonyl (C=O) groups is 1. The topological polar surface area (TPSA) is 85.0 Å². The molecule has 2 heterocycles. The first-order chi connectivity index (χ1) is 10.6. The lowest BCUT2D eigenvalue weighted by Crippen LogP contribution is -2.35. The Morgan fingerprint density at radius 3 is 2.73 bits per heavy atom. The second kappa shape index (κ2) is 7.22. The van der Waals surface area contributed by atoms with E-state index in [-0.39, 0.29) is 5.91 Å². The van der Waals surface area contributed by atoms with Crippen LogP contribution < -0.4 is 10.6 Å². The molecule has 0 aliphatic heterocycles. The number of nitrogens with zero attached hydrogens (tertiary/aromatic N) is 3. The van der Waals surface area contributed by atoms with E-state index >= 15 is 0 Å². The van der Waals surface area contributed by atoms with Crippen molar-refractivity contribution in [1.82, 2.24) is 25.6 Å². The van der Waals surface area contributed by atoms with Gasteiger partial charge in [-0.1, -0.05) is 19.0 Å². The molecular formula is C15H23N5O2. The summed E-state index contributed by atoms with van der Waals surface area (Å²) in [5, 5.41) is 14.1. The van der Waals surface area contributed by atoms with Gasteiger partial charge < -0.3 is 15.2 Å². The fraction of sp³-hybridized carbons (Fsp3) is 0.533. The predicted octanol–water partition coefficient (Wildman–Crippen LogP) is 1.11. The monoisotopic (exact) mass is 305 g/mol. The fourth-order valence-corrected chi connectivity index (χ4v) is 2.45. The minimum atomic E-state index is -0.427. The number of rotatable bonds is 7. The Hall–Kier alpha value is -2.15. The van der Waals surface area contributed by atoms with E-state index in [9.17, 15) is 4.79 Å². The summed E-state index contributed by atoms with van der Waals surface area (Å²) in [4.78, 5) is 12.4. The highest BCUT2D eigenvalue weighted by molar-refractivity contribution is 5.83. The summed E-state index contributed by atoms with van der Waals surface area (Å²) in [5.41, 5.74) is 2.72. The predicted molar refractivity (Wildman–Crippen MR) is 82.1 cm³/mol. The van der Waals surface area contributed by atoms with Crippen LogP contribution in [0.5, 0.6) is 0 Å². The number of hydrogen-bond acceptors (Lipinski definition) is 5. The number of hydrogen-bond donors (Lipinski definition) is 2. The van der Waals surface area contributed by atoms with Crippen LogP contribution in [0.2, 0.25) is 0 Å². The van der Waals surface area contributed by atoms with Crippen molar-refractivity contribution >= 4 is 5.91 Å². The normalized spacial score (nSPS) is 12.4. The van der Waals surface area contributed by atoms with E-state index in [1.165, 1.54) is 0 Å². The van der Waals surface area contributed by atoms with Crippen molar-refractivity contribution in [1.29, 1.82) is 0 Å². The third kappa shape index (κ3) is 3.36. The molecule has 0 spiro atoms. The Kier molecular flexibility index (Phi) is 5.32. The van der Waals surface area contributed by atoms with Crippen LogP contribution in [-0.4, -0.2) is 27.9 Å². The molecule has 1 atom stereocenters. The van der Waals surface area contributed by atoms with Gasteiger partial charge in [0, 0.05) is 37.3 Å². The summed E-state index contributed by atoms with van der Waals surface area (Å²) >= 11 is 0. The van der Waals surface area contributed by atoms with E-state index in [4.69, 9.17) is 4.52 Å². The SMILES string of the molecule is CCc1noc(CC)c1CNC(=O)C(NC)c1cnn(C)c1. The van der Waals surface area contributed by atoms with Crippen molar-refractivity contribution in [3.8, 4) is 0 Å². The second-order valence-electron chi connectivity index (χ2n) is 5.12. The molecule has 7 heteroatoms. The quantitative estimate of drug-likeness (QED) is 0.800. The van der Waals surface area contributed by atoms with Gasteiger partial charge in [0.05, 0.1) is 11.9 Å². The van der Waals surface area contributed by atoms with Gasteiger partial charge in [-0.25, -0.2) is 0 Å². The van der Waals surface area contributed by atoms with Crippen molar-refractivity contribution in [3.63, 3.8) is 0 Å². The van der Waals surface area contributed by atoms with Crippen LogP contribution in [0.1, 0.15) is 42.5 Å². The van der Waals surface area contributed by atoms with Gasteiger partial charge in [0.25, 0.3) is 0 Å². The summed E-state index contributed by atoms with van der Waals surface area (Å²) in [6.45, 7) is 4.46.